The summed E-state index contributed by atoms with van der Waals surface area (Å²) in [6, 6.07) is 19.2. The molecule has 0 amide bonds. The Bertz CT molecular complexity index is 453. The molecule has 2 heteroatoms. The summed E-state index contributed by atoms with van der Waals surface area (Å²) in [6.07, 6.45) is 2.22. The molecule has 0 spiro atoms. The molecule has 2 rings (SSSR count). The lowest BCUT2D eigenvalue weighted by Gasteiger charge is -2.07. The zero-order valence-electron chi connectivity index (χ0n) is 9.73. The largest absolute Gasteiger partial charge is 0.457 e. The van der Waals surface area contributed by atoms with Gasteiger partial charge >= 0.3 is 0 Å². The van der Waals surface area contributed by atoms with Gasteiger partial charge in [-0.3, -0.25) is 0 Å². The van der Waals surface area contributed by atoms with Crippen LogP contribution < -0.4 is 4.74 Å². The van der Waals surface area contributed by atoms with Gasteiger partial charge in [0.25, 0.3) is 0 Å². The normalized spacial score (nSPS) is 10.2. The molecule has 0 bridgehead atoms. The van der Waals surface area contributed by atoms with E-state index in [4.69, 9.17) is 4.74 Å². The van der Waals surface area contributed by atoms with Crippen molar-refractivity contribution < 1.29 is 4.74 Å². The summed E-state index contributed by atoms with van der Waals surface area (Å²) < 4.78 is 5.79. The molecule has 85 valence electrons. The van der Waals surface area contributed by atoms with Gasteiger partial charge in [-0.15, -0.1) is 0 Å². The van der Waals surface area contributed by atoms with Crippen molar-refractivity contribution in [3.05, 3.63) is 60.2 Å². The first-order valence-electron chi connectivity index (χ1n) is 5.85. The fraction of sp³-hybridized carbons (Fsp3) is 0.200. The van der Waals surface area contributed by atoms with E-state index in [0.717, 1.165) is 30.4 Å². The molecule has 0 aromatic heterocycles. The second kappa shape index (κ2) is 6.26. The summed E-state index contributed by atoms with van der Waals surface area (Å²) in [5, 5.41) is 0. The summed E-state index contributed by atoms with van der Waals surface area (Å²) >= 11 is 0. The molecular formula is C15H15OSi. The molecule has 1 nitrogen and oxygen atoms in total. The number of hydrogen-bond donors (Lipinski definition) is 0. The van der Waals surface area contributed by atoms with E-state index in [1.807, 2.05) is 42.5 Å². The first-order chi connectivity index (χ1) is 8.38. The summed E-state index contributed by atoms with van der Waals surface area (Å²) in [4.78, 5) is 0. The third-order valence-electron chi connectivity index (χ3n) is 2.52. The monoisotopic (exact) mass is 239 g/mol. The van der Waals surface area contributed by atoms with E-state index in [1.54, 1.807) is 0 Å². The molecule has 2 aromatic rings. The Morgan fingerprint density at radius 3 is 2.41 bits per heavy atom. The van der Waals surface area contributed by atoms with Crippen LogP contribution in [0.1, 0.15) is 12.0 Å². The van der Waals surface area contributed by atoms with Crippen molar-refractivity contribution in [1.82, 2.24) is 0 Å². The van der Waals surface area contributed by atoms with Crippen LogP contribution in [0.25, 0.3) is 0 Å². The van der Waals surface area contributed by atoms with Gasteiger partial charge in [0.2, 0.25) is 0 Å². The zero-order chi connectivity index (χ0) is 11.9. The Balaban J connectivity index is 2.06. The number of ether oxygens (including phenoxy) is 1. The maximum atomic E-state index is 5.79. The van der Waals surface area contributed by atoms with Gasteiger partial charge in [-0.25, -0.2) is 0 Å². The highest BCUT2D eigenvalue weighted by Crippen LogP contribution is 2.22. The lowest BCUT2D eigenvalue weighted by Crippen LogP contribution is -1.88. The van der Waals surface area contributed by atoms with E-state index in [1.165, 1.54) is 5.56 Å². The minimum Gasteiger partial charge on any atom is -0.457 e. The number of para-hydroxylation sites is 1. The van der Waals surface area contributed by atoms with E-state index >= 15 is 0 Å². The molecular weight excluding hydrogens is 224 g/mol. The summed E-state index contributed by atoms with van der Waals surface area (Å²) in [7, 11) is 3.49. The molecule has 0 saturated carbocycles. The maximum Gasteiger partial charge on any atom is 0.127 e. The SMILES string of the molecule is [Si]CCCc1cccc(Oc2ccccc2)c1. The molecule has 0 saturated heterocycles. The van der Waals surface area contributed by atoms with Crippen molar-refractivity contribution in [3.8, 4) is 11.5 Å². The Kier molecular flexibility index (Phi) is 4.39. The average Bonchev–Trinajstić information content (AvgIpc) is 2.38. The smallest absolute Gasteiger partial charge is 0.127 e. The summed E-state index contributed by atoms with van der Waals surface area (Å²) in [5.74, 6) is 1.78. The molecule has 0 aliphatic carbocycles. The predicted molar refractivity (Wildman–Crippen MR) is 71.8 cm³/mol. The minimum absolute atomic E-state index is 0.879. The topological polar surface area (TPSA) is 9.23 Å². The molecule has 17 heavy (non-hydrogen) atoms. The van der Waals surface area contributed by atoms with Crippen LogP contribution in [0, 0.1) is 0 Å². The molecule has 0 fully saturated rings. The number of hydrogen-bond acceptors (Lipinski definition) is 1. The quantitative estimate of drug-likeness (QED) is 0.717. The molecule has 0 atom stereocenters. The van der Waals surface area contributed by atoms with Crippen LogP contribution >= 0.6 is 0 Å². The predicted octanol–water partition coefficient (Wildman–Crippen LogP) is 4.00. The van der Waals surface area contributed by atoms with E-state index in [0.29, 0.717) is 0 Å². The van der Waals surface area contributed by atoms with Crippen molar-refractivity contribution in [2.24, 2.45) is 0 Å². The van der Waals surface area contributed by atoms with Crippen molar-refractivity contribution in [1.29, 1.82) is 0 Å². The Morgan fingerprint density at radius 1 is 0.882 bits per heavy atom. The Hall–Kier alpha value is -1.54. The molecule has 0 unspecified atom stereocenters. The first-order valence-corrected chi connectivity index (χ1v) is 6.55. The van der Waals surface area contributed by atoms with Gasteiger partial charge in [-0.1, -0.05) is 42.8 Å². The van der Waals surface area contributed by atoms with Gasteiger partial charge in [-0.2, -0.15) is 0 Å². The molecule has 0 aliphatic heterocycles. The fourth-order valence-corrected chi connectivity index (χ4v) is 1.86. The van der Waals surface area contributed by atoms with Crippen molar-refractivity contribution in [3.63, 3.8) is 0 Å². The average molecular weight is 239 g/mol. The Morgan fingerprint density at radius 2 is 1.65 bits per heavy atom. The second-order valence-corrected chi connectivity index (χ2v) is 4.42. The van der Waals surface area contributed by atoms with Gasteiger partial charge in [0.05, 0.1) is 0 Å². The number of benzene rings is 2. The zero-order valence-corrected chi connectivity index (χ0v) is 10.7. The Labute approximate surface area is 106 Å². The first kappa shape index (κ1) is 11.9. The van der Waals surface area contributed by atoms with Crippen molar-refractivity contribution in [2.75, 3.05) is 0 Å². The summed E-state index contributed by atoms with van der Waals surface area (Å²) in [5.41, 5.74) is 1.32. The van der Waals surface area contributed by atoms with Crippen LogP contribution in [0.4, 0.5) is 0 Å². The lowest BCUT2D eigenvalue weighted by molar-refractivity contribution is 0.482. The third kappa shape index (κ3) is 3.75. The second-order valence-electron chi connectivity index (χ2n) is 3.92. The van der Waals surface area contributed by atoms with Gasteiger partial charge in [0, 0.05) is 10.2 Å². The van der Waals surface area contributed by atoms with E-state index < -0.39 is 0 Å². The van der Waals surface area contributed by atoms with E-state index in [-0.39, 0.29) is 0 Å². The van der Waals surface area contributed by atoms with Gasteiger partial charge in [-0.05, 0) is 36.2 Å². The highest BCUT2D eigenvalue weighted by molar-refractivity contribution is 6.08. The van der Waals surface area contributed by atoms with Crippen molar-refractivity contribution in [2.45, 2.75) is 18.9 Å². The summed E-state index contributed by atoms with van der Waals surface area (Å²) in [6.45, 7) is 0. The fourth-order valence-electron chi connectivity index (χ4n) is 1.68. The lowest BCUT2D eigenvalue weighted by atomic mass is 10.1. The molecule has 0 aliphatic rings. The molecule has 0 N–H and O–H groups in total. The highest BCUT2D eigenvalue weighted by Gasteiger charge is 1.98. The van der Waals surface area contributed by atoms with Crippen LogP contribution in [0.3, 0.4) is 0 Å². The van der Waals surface area contributed by atoms with Crippen LogP contribution in [0.5, 0.6) is 11.5 Å². The van der Waals surface area contributed by atoms with Crippen LogP contribution in [-0.2, 0) is 6.42 Å². The van der Waals surface area contributed by atoms with Crippen molar-refractivity contribution >= 4 is 10.2 Å². The maximum absolute atomic E-state index is 5.79. The number of rotatable bonds is 5. The van der Waals surface area contributed by atoms with Crippen LogP contribution in [-0.4, -0.2) is 10.2 Å². The third-order valence-corrected chi connectivity index (χ3v) is 2.87. The van der Waals surface area contributed by atoms with Gasteiger partial charge < -0.3 is 4.74 Å². The van der Waals surface area contributed by atoms with E-state index in [2.05, 4.69) is 22.4 Å². The minimum atomic E-state index is 0.879. The van der Waals surface area contributed by atoms with Gasteiger partial charge in [0.15, 0.2) is 0 Å². The van der Waals surface area contributed by atoms with E-state index in [9.17, 15) is 0 Å². The van der Waals surface area contributed by atoms with Crippen LogP contribution in [0.2, 0.25) is 6.04 Å². The molecule has 2 aromatic carbocycles. The molecule has 0 heterocycles. The van der Waals surface area contributed by atoms with Crippen LogP contribution in [0.15, 0.2) is 54.6 Å². The van der Waals surface area contributed by atoms with Gasteiger partial charge in [0.1, 0.15) is 11.5 Å². The number of aryl methyl sites for hydroxylation is 1. The molecule has 3 radical (unpaired) electrons. The highest BCUT2D eigenvalue weighted by atomic mass is 28.1. The standard InChI is InChI=1S/C15H15OSi/c17-11-5-7-13-6-4-10-15(12-13)16-14-8-2-1-3-9-14/h1-4,6,8-10,12H,5,7,11H2.